The zero-order valence-corrected chi connectivity index (χ0v) is 14.3. The SMILES string of the molecule is COCCN(C(=O)c1cc2c(s1)CCC2)[C@@H]1CCS(=O)(=O)C1. The van der Waals surface area contributed by atoms with Gasteiger partial charge in [-0.25, -0.2) is 8.42 Å². The third-order valence-electron chi connectivity index (χ3n) is 4.40. The highest BCUT2D eigenvalue weighted by Crippen LogP contribution is 2.32. The molecule has 3 rings (SSSR count). The third-order valence-corrected chi connectivity index (χ3v) is 7.38. The first-order valence-corrected chi connectivity index (χ1v) is 10.3. The van der Waals surface area contributed by atoms with Crippen LogP contribution in [0.2, 0.25) is 0 Å². The number of carbonyl (C=O) groups is 1. The van der Waals surface area contributed by atoms with Gasteiger partial charge in [-0.1, -0.05) is 0 Å². The van der Waals surface area contributed by atoms with E-state index >= 15 is 0 Å². The van der Waals surface area contributed by atoms with Gasteiger partial charge in [-0.3, -0.25) is 4.79 Å². The summed E-state index contributed by atoms with van der Waals surface area (Å²) in [5, 5.41) is 0. The number of fused-ring (bicyclic) bond motifs is 1. The molecule has 1 saturated heterocycles. The summed E-state index contributed by atoms with van der Waals surface area (Å²) < 4.78 is 28.5. The van der Waals surface area contributed by atoms with Gasteiger partial charge in [-0.2, -0.15) is 0 Å². The normalized spacial score (nSPS) is 22.7. The monoisotopic (exact) mass is 343 g/mol. The molecule has 5 nitrogen and oxygen atoms in total. The Kier molecular flexibility index (Phi) is 4.56. The van der Waals surface area contributed by atoms with Crippen LogP contribution in [0.5, 0.6) is 0 Å². The van der Waals surface area contributed by atoms with E-state index in [1.54, 1.807) is 23.3 Å². The minimum atomic E-state index is -3.01. The number of thiophene rings is 1. The lowest BCUT2D eigenvalue weighted by Crippen LogP contribution is -2.42. The van der Waals surface area contributed by atoms with E-state index in [1.165, 1.54) is 16.9 Å². The number of hydrogen-bond donors (Lipinski definition) is 0. The second kappa shape index (κ2) is 6.29. The van der Waals surface area contributed by atoms with Crippen LogP contribution in [0.4, 0.5) is 0 Å². The molecular weight excluding hydrogens is 322 g/mol. The average Bonchev–Trinajstić information content (AvgIpc) is 3.13. The van der Waals surface area contributed by atoms with Gasteiger partial charge in [-0.05, 0) is 37.3 Å². The van der Waals surface area contributed by atoms with E-state index in [2.05, 4.69) is 0 Å². The van der Waals surface area contributed by atoms with E-state index in [9.17, 15) is 13.2 Å². The molecule has 1 atom stereocenters. The molecule has 1 aromatic heterocycles. The summed E-state index contributed by atoms with van der Waals surface area (Å²) in [7, 11) is -1.42. The molecule has 1 aromatic rings. The molecule has 0 unspecified atom stereocenters. The van der Waals surface area contributed by atoms with Crippen molar-refractivity contribution in [3.8, 4) is 0 Å². The van der Waals surface area contributed by atoms with Crippen LogP contribution in [0.25, 0.3) is 0 Å². The van der Waals surface area contributed by atoms with Crippen molar-refractivity contribution >= 4 is 27.1 Å². The van der Waals surface area contributed by atoms with Crippen LogP contribution in [-0.4, -0.2) is 57.0 Å². The number of sulfone groups is 1. The molecule has 2 aliphatic rings. The lowest BCUT2D eigenvalue weighted by molar-refractivity contribution is 0.0629. The molecule has 0 N–H and O–H groups in total. The lowest BCUT2D eigenvalue weighted by atomic mass is 10.2. The number of amides is 1. The molecule has 0 saturated carbocycles. The highest BCUT2D eigenvalue weighted by Gasteiger charge is 2.35. The summed E-state index contributed by atoms with van der Waals surface area (Å²) in [4.78, 5) is 16.6. The number of nitrogens with zero attached hydrogens (tertiary/aromatic N) is 1. The molecule has 1 amide bonds. The van der Waals surface area contributed by atoms with Crippen molar-refractivity contribution in [3.05, 3.63) is 21.4 Å². The van der Waals surface area contributed by atoms with Gasteiger partial charge in [0.05, 0.1) is 23.0 Å². The predicted molar refractivity (Wildman–Crippen MR) is 86.3 cm³/mol. The fourth-order valence-electron chi connectivity index (χ4n) is 3.24. The van der Waals surface area contributed by atoms with Crippen molar-refractivity contribution in [3.63, 3.8) is 0 Å². The minimum absolute atomic E-state index is 0.0430. The summed E-state index contributed by atoms with van der Waals surface area (Å²) in [5.74, 6) is 0.210. The Bertz CT molecular complexity index is 644. The third kappa shape index (κ3) is 3.21. The van der Waals surface area contributed by atoms with Crippen LogP contribution >= 0.6 is 11.3 Å². The van der Waals surface area contributed by atoms with Gasteiger partial charge in [0.25, 0.3) is 5.91 Å². The molecule has 2 heterocycles. The van der Waals surface area contributed by atoms with Crippen LogP contribution in [-0.2, 0) is 27.4 Å². The van der Waals surface area contributed by atoms with E-state index in [0.29, 0.717) is 19.6 Å². The maximum atomic E-state index is 12.8. The van der Waals surface area contributed by atoms with Crippen LogP contribution in [0.1, 0.15) is 33.0 Å². The fourth-order valence-corrected chi connectivity index (χ4v) is 6.18. The number of aryl methyl sites for hydroxylation is 2. The predicted octanol–water partition coefficient (Wildman–Crippen LogP) is 1.51. The van der Waals surface area contributed by atoms with Gasteiger partial charge < -0.3 is 9.64 Å². The average molecular weight is 343 g/mol. The second-order valence-corrected chi connectivity index (χ2v) is 9.33. The van der Waals surface area contributed by atoms with Crippen LogP contribution in [0.3, 0.4) is 0 Å². The maximum absolute atomic E-state index is 12.8. The summed E-state index contributed by atoms with van der Waals surface area (Å²) in [6.07, 6.45) is 3.81. The second-order valence-electron chi connectivity index (χ2n) is 5.96. The largest absolute Gasteiger partial charge is 0.383 e. The Morgan fingerprint density at radius 1 is 1.45 bits per heavy atom. The van der Waals surface area contributed by atoms with E-state index in [0.717, 1.165) is 17.7 Å². The van der Waals surface area contributed by atoms with Crippen LogP contribution in [0, 0.1) is 0 Å². The standard InChI is InChI=1S/C15H21NO4S2/c1-20-7-6-16(12-5-8-22(18,19)10-12)15(17)14-9-11-3-2-4-13(11)21-14/h9,12H,2-8,10H2,1H3/t12-/m1/s1. The maximum Gasteiger partial charge on any atom is 0.264 e. The smallest absolute Gasteiger partial charge is 0.264 e. The van der Waals surface area contributed by atoms with Crippen molar-refractivity contribution in [1.82, 2.24) is 4.90 Å². The highest BCUT2D eigenvalue weighted by atomic mass is 32.2. The minimum Gasteiger partial charge on any atom is -0.383 e. The number of rotatable bonds is 5. The number of methoxy groups -OCH3 is 1. The lowest BCUT2D eigenvalue weighted by Gasteiger charge is -2.27. The number of carbonyl (C=O) groups excluding carboxylic acids is 1. The first-order valence-electron chi connectivity index (χ1n) is 7.62. The summed E-state index contributed by atoms with van der Waals surface area (Å²) in [6, 6.07) is 1.78. The Hall–Kier alpha value is -0.920. The molecule has 7 heteroatoms. The van der Waals surface area contributed by atoms with Gasteiger partial charge in [-0.15, -0.1) is 11.3 Å². The topological polar surface area (TPSA) is 63.7 Å². The Morgan fingerprint density at radius 3 is 2.91 bits per heavy atom. The van der Waals surface area contributed by atoms with E-state index in [4.69, 9.17) is 4.74 Å². The van der Waals surface area contributed by atoms with Crippen molar-refractivity contribution in [2.75, 3.05) is 31.8 Å². The van der Waals surface area contributed by atoms with E-state index in [-0.39, 0.29) is 23.5 Å². The highest BCUT2D eigenvalue weighted by molar-refractivity contribution is 7.91. The van der Waals surface area contributed by atoms with Gasteiger partial charge in [0, 0.05) is 24.6 Å². The molecule has 122 valence electrons. The Balaban J connectivity index is 1.80. The molecular formula is C15H21NO4S2. The molecule has 0 aromatic carbocycles. The summed E-state index contributed by atoms with van der Waals surface area (Å²) in [5.41, 5.74) is 1.29. The summed E-state index contributed by atoms with van der Waals surface area (Å²) >= 11 is 1.57. The summed E-state index contributed by atoms with van der Waals surface area (Å²) in [6.45, 7) is 0.867. The number of ether oxygens (including phenoxy) is 1. The van der Waals surface area contributed by atoms with Gasteiger partial charge in [0.2, 0.25) is 0 Å². The van der Waals surface area contributed by atoms with Crippen molar-refractivity contribution in [1.29, 1.82) is 0 Å². The first kappa shape index (κ1) is 16.0. The van der Waals surface area contributed by atoms with E-state index in [1.807, 2.05) is 6.07 Å². The van der Waals surface area contributed by atoms with Gasteiger partial charge in [0.15, 0.2) is 9.84 Å². The van der Waals surface area contributed by atoms with Gasteiger partial charge in [0.1, 0.15) is 0 Å². The van der Waals surface area contributed by atoms with E-state index < -0.39 is 9.84 Å². The molecule has 0 bridgehead atoms. The quantitative estimate of drug-likeness (QED) is 0.813. The zero-order chi connectivity index (χ0) is 15.7. The molecule has 0 spiro atoms. The van der Waals surface area contributed by atoms with Crippen molar-refractivity contribution in [2.24, 2.45) is 0 Å². The first-order chi connectivity index (χ1) is 10.5. The van der Waals surface area contributed by atoms with Crippen LogP contribution < -0.4 is 0 Å². The molecule has 1 aliphatic carbocycles. The Morgan fingerprint density at radius 2 is 2.27 bits per heavy atom. The zero-order valence-electron chi connectivity index (χ0n) is 12.7. The molecule has 1 aliphatic heterocycles. The van der Waals surface area contributed by atoms with Gasteiger partial charge >= 0.3 is 0 Å². The molecule has 0 radical (unpaired) electrons. The van der Waals surface area contributed by atoms with Crippen LogP contribution in [0.15, 0.2) is 6.07 Å². The molecule has 1 fully saturated rings. The van der Waals surface area contributed by atoms with Crippen molar-refractivity contribution < 1.29 is 17.9 Å². The fraction of sp³-hybridized carbons (Fsp3) is 0.667. The van der Waals surface area contributed by atoms with Crippen molar-refractivity contribution in [2.45, 2.75) is 31.7 Å². The Labute approximate surface area is 135 Å². The number of hydrogen-bond acceptors (Lipinski definition) is 5. The molecule has 22 heavy (non-hydrogen) atoms.